The van der Waals surface area contributed by atoms with Gasteiger partial charge in [0.2, 0.25) is 5.56 Å². The first-order valence-electron chi connectivity index (χ1n) is 6.72. The van der Waals surface area contributed by atoms with E-state index in [4.69, 9.17) is 0 Å². The van der Waals surface area contributed by atoms with E-state index in [0.717, 1.165) is 30.5 Å². The average Bonchev–Trinajstić information content (AvgIpc) is 2.68. The van der Waals surface area contributed by atoms with Gasteiger partial charge in [0.1, 0.15) is 0 Å². The molecule has 0 spiro atoms. The van der Waals surface area contributed by atoms with Crippen molar-refractivity contribution < 1.29 is 8.42 Å². The van der Waals surface area contributed by atoms with E-state index in [0.29, 0.717) is 6.42 Å². The van der Waals surface area contributed by atoms with Gasteiger partial charge in [-0.15, -0.1) is 0 Å². The van der Waals surface area contributed by atoms with Gasteiger partial charge >= 0.3 is 0 Å². The van der Waals surface area contributed by atoms with E-state index in [2.05, 4.69) is 10.3 Å². The summed E-state index contributed by atoms with van der Waals surface area (Å²) in [7, 11) is -2.85. The van der Waals surface area contributed by atoms with Crippen LogP contribution in [0, 0.1) is 0 Å². The number of hydrogen-bond donors (Lipinski definition) is 2. The predicted molar refractivity (Wildman–Crippen MR) is 72.9 cm³/mol. The molecule has 1 aliphatic heterocycles. The smallest absolute Gasteiger partial charge is 0.248 e. The number of nitrogens with one attached hydrogen (secondary N) is 2. The molecule has 1 fully saturated rings. The molecule has 6 heteroatoms. The Morgan fingerprint density at radius 2 is 2.11 bits per heavy atom. The maximum Gasteiger partial charge on any atom is 0.248 e. The summed E-state index contributed by atoms with van der Waals surface area (Å²) in [6.07, 6.45) is 3.60. The Hall–Kier alpha value is -1.14. The highest BCUT2D eigenvalue weighted by molar-refractivity contribution is 7.91. The topological polar surface area (TPSA) is 79.0 Å². The summed E-state index contributed by atoms with van der Waals surface area (Å²) in [6.45, 7) is 0. The molecule has 1 aliphatic carbocycles. The van der Waals surface area contributed by atoms with Crippen molar-refractivity contribution in [2.24, 2.45) is 0 Å². The molecular weight excluding hydrogens is 264 g/mol. The van der Waals surface area contributed by atoms with Crippen molar-refractivity contribution >= 4 is 9.84 Å². The Morgan fingerprint density at radius 3 is 2.84 bits per heavy atom. The van der Waals surface area contributed by atoms with Crippen LogP contribution in [0.15, 0.2) is 16.9 Å². The Labute approximate surface area is 112 Å². The second-order valence-electron chi connectivity index (χ2n) is 5.47. The molecule has 0 bridgehead atoms. The van der Waals surface area contributed by atoms with Crippen molar-refractivity contribution in [3.8, 4) is 0 Å². The SMILES string of the molecule is O=c1ccc2c([nH]1)CCCC2NC1CCS(=O)(=O)C1. The second kappa shape index (κ2) is 4.76. The molecule has 0 amide bonds. The molecule has 1 saturated heterocycles. The number of hydrogen-bond acceptors (Lipinski definition) is 4. The minimum Gasteiger partial charge on any atom is -0.326 e. The van der Waals surface area contributed by atoms with Gasteiger partial charge in [0, 0.05) is 23.8 Å². The molecule has 1 aromatic heterocycles. The zero-order chi connectivity index (χ0) is 13.5. The molecule has 104 valence electrons. The molecule has 1 aromatic rings. The zero-order valence-electron chi connectivity index (χ0n) is 10.7. The third-order valence-corrected chi connectivity index (χ3v) is 5.77. The standard InChI is InChI=1S/C13H18N2O3S/c16-13-5-4-10-11(2-1-3-12(10)15-13)14-9-6-7-19(17,18)8-9/h4-5,9,11,14H,1-3,6-8H2,(H,15,16). The number of sulfone groups is 1. The zero-order valence-corrected chi connectivity index (χ0v) is 11.5. The number of rotatable bonds is 2. The van der Waals surface area contributed by atoms with Gasteiger partial charge in [-0.3, -0.25) is 4.79 Å². The first-order valence-corrected chi connectivity index (χ1v) is 8.54. The molecule has 0 radical (unpaired) electrons. The predicted octanol–water partition coefficient (Wildman–Crippen LogP) is 0.529. The van der Waals surface area contributed by atoms with E-state index in [1.807, 2.05) is 6.07 Å². The van der Waals surface area contributed by atoms with Gasteiger partial charge in [-0.2, -0.15) is 0 Å². The van der Waals surface area contributed by atoms with Gasteiger partial charge in [0.25, 0.3) is 0 Å². The van der Waals surface area contributed by atoms with Gasteiger partial charge in [-0.05, 0) is 31.2 Å². The molecule has 2 aliphatic rings. The Balaban J connectivity index is 1.79. The normalized spacial score (nSPS) is 29.1. The third kappa shape index (κ3) is 2.74. The summed E-state index contributed by atoms with van der Waals surface area (Å²) in [5, 5.41) is 3.45. The Bertz CT molecular complexity index is 636. The summed E-state index contributed by atoms with van der Waals surface area (Å²) < 4.78 is 23.0. The number of aromatic amines is 1. The summed E-state index contributed by atoms with van der Waals surface area (Å²) in [5.41, 5.74) is 2.05. The molecule has 2 heterocycles. The van der Waals surface area contributed by atoms with Crippen LogP contribution in [0.25, 0.3) is 0 Å². The fraction of sp³-hybridized carbons (Fsp3) is 0.615. The van der Waals surface area contributed by atoms with Crippen LogP contribution in [-0.4, -0.2) is 30.9 Å². The first-order chi connectivity index (χ1) is 9.03. The highest BCUT2D eigenvalue weighted by Crippen LogP contribution is 2.29. The van der Waals surface area contributed by atoms with Gasteiger partial charge in [0.15, 0.2) is 9.84 Å². The lowest BCUT2D eigenvalue weighted by atomic mass is 9.90. The molecule has 2 atom stereocenters. The van der Waals surface area contributed by atoms with Crippen molar-refractivity contribution in [1.82, 2.24) is 10.3 Å². The van der Waals surface area contributed by atoms with Crippen LogP contribution < -0.4 is 10.9 Å². The lowest BCUT2D eigenvalue weighted by Gasteiger charge is -2.28. The Kier molecular flexibility index (Phi) is 3.22. The van der Waals surface area contributed by atoms with Crippen molar-refractivity contribution in [2.75, 3.05) is 11.5 Å². The number of pyridine rings is 1. The van der Waals surface area contributed by atoms with E-state index in [-0.39, 0.29) is 29.1 Å². The largest absolute Gasteiger partial charge is 0.326 e. The maximum atomic E-state index is 11.5. The summed E-state index contributed by atoms with van der Waals surface area (Å²) in [5.74, 6) is 0.526. The van der Waals surface area contributed by atoms with Crippen LogP contribution in [0.4, 0.5) is 0 Å². The van der Waals surface area contributed by atoms with Crippen molar-refractivity contribution in [3.05, 3.63) is 33.7 Å². The number of aryl methyl sites for hydroxylation is 1. The van der Waals surface area contributed by atoms with E-state index in [1.165, 1.54) is 0 Å². The van der Waals surface area contributed by atoms with Crippen LogP contribution in [0.1, 0.15) is 36.6 Å². The van der Waals surface area contributed by atoms with Crippen LogP contribution in [-0.2, 0) is 16.3 Å². The van der Waals surface area contributed by atoms with Crippen LogP contribution in [0.3, 0.4) is 0 Å². The highest BCUT2D eigenvalue weighted by atomic mass is 32.2. The maximum absolute atomic E-state index is 11.5. The molecule has 19 heavy (non-hydrogen) atoms. The highest BCUT2D eigenvalue weighted by Gasteiger charge is 2.31. The van der Waals surface area contributed by atoms with Crippen LogP contribution >= 0.6 is 0 Å². The fourth-order valence-corrected chi connectivity index (χ4v) is 4.77. The summed E-state index contributed by atoms with van der Waals surface area (Å²) in [6, 6.07) is 3.63. The van der Waals surface area contributed by atoms with E-state index < -0.39 is 9.84 Å². The van der Waals surface area contributed by atoms with Gasteiger partial charge in [-0.1, -0.05) is 6.07 Å². The van der Waals surface area contributed by atoms with Gasteiger partial charge < -0.3 is 10.3 Å². The van der Waals surface area contributed by atoms with Crippen molar-refractivity contribution in [2.45, 2.75) is 37.8 Å². The molecule has 0 saturated carbocycles. The number of H-pyrrole nitrogens is 1. The lowest BCUT2D eigenvalue weighted by Crippen LogP contribution is -2.36. The third-order valence-electron chi connectivity index (χ3n) is 4.00. The minimum absolute atomic E-state index is 0.0490. The van der Waals surface area contributed by atoms with Crippen LogP contribution in [0.5, 0.6) is 0 Å². The molecule has 0 aromatic carbocycles. The number of fused-ring (bicyclic) bond motifs is 1. The van der Waals surface area contributed by atoms with E-state index in [9.17, 15) is 13.2 Å². The minimum atomic E-state index is -2.85. The number of aromatic nitrogens is 1. The Morgan fingerprint density at radius 1 is 1.26 bits per heavy atom. The van der Waals surface area contributed by atoms with Crippen molar-refractivity contribution in [1.29, 1.82) is 0 Å². The van der Waals surface area contributed by atoms with Crippen LogP contribution in [0.2, 0.25) is 0 Å². The van der Waals surface area contributed by atoms with Crippen molar-refractivity contribution in [3.63, 3.8) is 0 Å². The lowest BCUT2D eigenvalue weighted by molar-refractivity contribution is 0.408. The fourth-order valence-electron chi connectivity index (χ4n) is 3.08. The van der Waals surface area contributed by atoms with E-state index >= 15 is 0 Å². The quantitative estimate of drug-likeness (QED) is 0.829. The van der Waals surface area contributed by atoms with E-state index in [1.54, 1.807) is 6.07 Å². The first kappa shape index (κ1) is 12.9. The average molecular weight is 282 g/mol. The van der Waals surface area contributed by atoms with Gasteiger partial charge in [0.05, 0.1) is 11.5 Å². The molecule has 2 unspecified atom stereocenters. The molecule has 2 N–H and O–H groups in total. The second-order valence-corrected chi connectivity index (χ2v) is 7.70. The summed E-state index contributed by atoms with van der Waals surface area (Å²) in [4.78, 5) is 14.2. The molecular formula is C13H18N2O3S. The summed E-state index contributed by atoms with van der Waals surface area (Å²) >= 11 is 0. The monoisotopic (exact) mass is 282 g/mol. The molecule has 5 nitrogen and oxygen atoms in total. The molecule has 3 rings (SSSR count). The van der Waals surface area contributed by atoms with Gasteiger partial charge in [-0.25, -0.2) is 8.42 Å².